The Morgan fingerprint density at radius 1 is 1.56 bits per heavy atom. The van der Waals surface area contributed by atoms with Crippen molar-refractivity contribution >= 4 is 17.7 Å². The molecule has 0 unspecified atom stereocenters. The van der Waals surface area contributed by atoms with Crippen molar-refractivity contribution in [1.29, 1.82) is 0 Å². The highest BCUT2D eigenvalue weighted by atomic mass is 16.6. The molecule has 1 aromatic rings. The van der Waals surface area contributed by atoms with Crippen molar-refractivity contribution < 1.29 is 14.5 Å². The maximum Gasteiger partial charge on any atom is 0.338 e. The van der Waals surface area contributed by atoms with E-state index >= 15 is 0 Å². The second kappa shape index (κ2) is 6.51. The summed E-state index contributed by atoms with van der Waals surface area (Å²) in [7, 11) is 1.23. The highest BCUT2D eigenvalue weighted by Crippen LogP contribution is 2.22. The van der Waals surface area contributed by atoms with Crippen molar-refractivity contribution in [3.63, 3.8) is 0 Å². The fraction of sp³-hybridized carbons (Fsp3) is 0.250. The van der Waals surface area contributed by atoms with Crippen LogP contribution < -0.4 is 5.73 Å². The summed E-state index contributed by atoms with van der Waals surface area (Å²) >= 11 is 0. The highest BCUT2D eigenvalue weighted by molar-refractivity contribution is 5.90. The van der Waals surface area contributed by atoms with Crippen LogP contribution >= 0.6 is 0 Å². The highest BCUT2D eigenvalue weighted by Gasteiger charge is 2.16. The first-order chi connectivity index (χ1) is 8.60. The quantitative estimate of drug-likeness (QED) is 0.488. The van der Waals surface area contributed by atoms with Crippen LogP contribution in [0, 0.1) is 10.1 Å². The summed E-state index contributed by atoms with van der Waals surface area (Å²) in [6.07, 6.45) is 4.00. The lowest BCUT2D eigenvalue weighted by molar-refractivity contribution is -0.385. The Morgan fingerprint density at radius 2 is 2.28 bits per heavy atom. The fourth-order valence-corrected chi connectivity index (χ4v) is 1.39. The van der Waals surface area contributed by atoms with Gasteiger partial charge in [0.2, 0.25) is 0 Å². The largest absolute Gasteiger partial charge is 0.465 e. The monoisotopic (exact) mass is 250 g/mol. The first kappa shape index (κ1) is 13.9. The van der Waals surface area contributed by atoms with Gasteiger partial charge in [-0.05, 0) is 25.1 Å². The standard InChI is InChI=1S/C12H14N2O4/c1-18-12(15)10-6-5-9(4-2-3-7-13)11(8-10)14(16)17/h2,4-6,8H,3,7,13H2,1H3. The smallest absolute Gasteiger partial charge is 0.338 e. The van der Waals surface area contributed by atoms with Crippen molar-refractivity contribution in [1.82, 2.24) is 0 Å². The van der Waals surface area contributed by atoms with Crippen molar-refractivity contribution in [2.45, 2.75) is 6.42 Å². The maximum absolute atomic E-state index is 11.3. The Kier molecular flexibility index (Phi) is 5.01. The van der Waals surface area contributed by atoms with Gasteiger partial charge in [0.15, 0.2) is 0 Å². The Labute approximate surface area is 104 Å². The predicted molar refractivity (Wildman–Crippen MR) is 67.1 cm³/mol. The van der Waals surface area contributed by atoms with Gasteiger partial charge < -0.3 is 10.5 Å². The van der Waals surface area contributed by atoms with Crippen LogP contribution in [0.2, 0.25) is 0 Å². The van der Waals surface area contributed by atoms with E-state index in [-0.39, 0.29) is 11.3 Å². The fourth-order valence-electron chi connectivity index (χ4n) is 1.39. The maximum atomic E-state index is 11.3. The first-order valence-corrected chi connectivity index (χ1v) is 5.33. The van der Waals surface area contributed by atoms with E-state index < -0.39 is 10.9 Å². The van der Waals surface area contributed by atoms with Crippen LogP contribution in [-0.4, -0.2) is 24.5 Å². The predicted octanol–water partition coefficient (Wildman–Crippen LogP) is 1.74. The Bertz CT molecular complexity index is 483. The van der Waals surface area contributed by atoms with Gasteiger partial charge in [0.25, 0.3) is 5.69 Å². The molecule has 0 aliphatic rings. The summed E-state index contributed by atoms with van der Waals surface area (Å²) in [6, 6.07) is 4.20. The molecule has 0 saturated heterocycles. The zero-order valence-corrected chi connectivity index (χ0v) is 9.96. The van der Waals surface area contributed by atoms with Crippen LogP contribution in [0.15, 0.2) is 24.3 Å². The molecule has 0 amide bonds. The van der Waals surface area contributed by atoms with Gasteiger partial charge in [-0.2, -0.15) is 0 Å². The van der Waals surface area contributed by atoms with Gasteiger partial charge in [0, 0.05) is 6.07 Å². The van der Waals surface area contributed by atoms with E-state index in [0.29, 0.717) is 18.5 Å². The molecule has 0 bridgehead atoms. The number of esters is 1. The summed E-state index contributed by atoms with van der Waals surface area (Å²) in [5, 5.41) is 10.9. The van der Waals surface area contributed by atoms with Crippen molar-refractivity contribution in [2.24, 2.45) is 5.73 Å². The SMILES string of the molecule is COC(=O)c1ccc(C=CCCN)c([N+](=O)[O-])c1. The van der Waals surface area contributed by atoms with Crippen LogP contribution in [0.4, 0.5) is 5.69 Å². The molecule has 0 aromatic heterocycles. The molecule has 18 heavy (non-hydrogen) atoms. The second-order valence-corrected chi connectivity index (χ2v) is 3.50. The van der Waals surface area contributed by atoms with Crippen LogP contribution in [0.25, 0.3) is 6.08 Å². The number of carbonyl (C=O) groups excluding carboxylic acids is 1. The van der Waals surface area contributed by atoms with Crippen LogP contribution in [-0.2, 0) is 4.74 Å². The van der Waals surface area contributed by atoms with E-state index in [1.54, 1.807) is 12.2 Å². The van der Waals surface area contributed by atoms with Gasteiger partial charge in [0.05, 0.1) is 23.2 Å². The molecule has 0 aliphatic heterocycles. The van der Waals surface area contributed by atoms with E-state index in [4.69, 9.17) is 5.73 Å². The third-order valence-corrected chi connectivity index (χ3v) is 2.28. The molecule has 0 radical (unpaired) electrons. The lowest BCUT2D eigenvalue weighted by Crippen LogP contribution is -2.03. The van der Waals surface area contributed by atoms with Crippen molar-refractivity contribution in [3.8, 4) is 0 Å². The van der Waals surface area contributed by atoms with Gasteiger partial charge in [-0.3, -0.25) is 10.1 Å². The molecule has 0 spiro atoms. The molecule has 0 atom stereocenters. The van der Waals surface area contributed by atoms with E-state index in [0.717, 1.165) is 0 Å². The zero-order chi connectivity index (χ0) is 13.5. The molecule has 1 rings (SSSR count). The number of methoxy groups -OCH3 is 1. The molecular weight excluding hydrogens is 236 g/mol. The summed E-state index contributed by atoms with van der Waals surface area (Å²) in [4.78, 5) is 21.7. The topological polar surface area (TPSA) is 95.5 Å². The normalized spacial score (nSPS) is 10.6. The number of nitrogens with two attached hydrogens (primary N) is 1. The zero-order valence-electron chi connectivity index (χ0n) is 9.96. The molecule has 96 valence electrons. The molecule has 2 N–H and O–H groups in total. The first-order valence-electron chi connectivity index (χ1n) is 5.33. The van der Waals surface area contributed by atoms with E-state index in [1.165, 1.54) is 25.3 Å². The number of benzene rings is 1. The van der Waals surface area contributed by atoms with Crippen LogP contribution in [0.5, 0.6) is 0 Å². The number of nitro benzene ring substituents is 1. The molecule has 6 nitrogen and oxygen atoms in total. The summed E-state index contributed by atoms with van der Waals surface area (Å²) in [6.45, 7) is 0.477. The lowest BCUT2D eigenvalue weighted by Gasteiger charge is -2.01. The number of ether oxygens (including phenoxy) is 1. The van der Waals surface area contributed by atoms with Gasteiger partial charge >= 0.3 is 5.97 Å². The second-order valence-electron chi connectivity index (χ2n) is 3.50. The number of nitrogens with zero attached hydrogens (tertiary/aromatic N) is 1. The minimum absolute atomic E-state index is 0.133. The lowest BCUT2D eigenvalue weighted by atomic mass is 10.1. The minimum atomic E-state index is -0.601. The summed E-state index contributed by atoms with van der Waals surface area (Å²) in [5.74, 6) is -0.601. The molecular formula is C12H14N2O4. The number of rotatable bonds is 5. The van der Waals surface area contributed by atoms with E-state index in [9.17, 15) is 14.9 Å². The average Bonchev–Trinajstić information content (AvgIpc) is 2.38. The third-order valence-electron chi connectivity index (χ3n) is 2.28. The molecule has 0 saturated carbocycles. The van der Waals surface area contributed by atoms with Gasteiger partial charge in [-0.15, -0.1) is 0 Å². The van der Waals surface area contributed by atoms with Crippen LogP contribution in [0.1, 0.15) is 22.3 Å². The van der Waals surface area contributed by atoms with Gasteiger partial charge in [-0.25, -0.2) is 4.79 Å². The third kappa shape index (κ3) is 3.39. The number of hydrogen-bond donors (Lipinski definition) is 1. The van der Waals surface area contributed by atoms with Crippen molar-refractivity contribution in [2.75, 3.05) is 13.7 Å². The molecule has 6 heteroatoms. The Balaban J connectivity index is 3.12. The molecule has 1 aromatic carbocycles. The Morgan fingerprint density at radius 3 is 2.83 bits per heavy atom. The summed E-state index contributed by atoms with van der Waals surface area (Å²) < 4.78 is 4.51. The van der Waals surface area contributed by atoms with E-state index in [1.807, 2.05) is 0 Å². The number of carbonyl (C=O) groups is 1. The van der Waals surface area contributed by atoms with E-state index in [2.05, 4.69) is 4.74 Å². The molecule has 0 fully saturated rings. The Hall–Kier alpha value is -2.21. The van der Waals surface area contributed by atoms with Gasteiger partial charge in [-0.1, -0.05) is 12.2 Å². The summed E-state index contributed by atoms with van der Waals surface area (Å²) in [5.41, 5.74) is 5.78. The average molecular weight is 250 g/mol. The van der Waals surface area contributed by atoms with Crippen molar-refractivity contribution in [3.05, 3.63) is 45.5 Å². The minimum Gasteiger partial charge on any atom is -0.465 e. The number of nitro groups is 1. The number of hydrogen-bond acceptors (Lipinski definition) is 5. The van der Waals surface area contributed by atoms with Gasteiger partial charge in [0.1, 0.15) is 0 Å². The molecule has 0 aliphatic carbocycles. The molecule has 0 heterocycles. The van der Waals surface area contributed by atoms with Crippen LogP contribution in [0.3, 0.4) is 0 Å².